The third-order valence-electron chi connectivity index (χ3n) is 1.89. The molecular weight excluding hydrogens is 256 g/mol. The van der Waals surface area contributed by atoms with E-state index >= 15 is 0 Å². The highest BCUT2D eigenvalue weighted by atomic mass is 35.5. The molecule has 0 amide bonds. The Morgan fingerprint density at radius 2 is 2.29 bits per heavy atom. The molecule has 0 saturated heterocycles. The molecule has 0 spiro atoms. The monoisotopic (exact) mass is 266 g/mol. The summed E-state index contributed by atoms with van der Waals surface area (Å²) in [6.07, 6.45) is 1.35. The van der Waals surface area contributed by atoms with E-state index in [1.165, 1.54) is 18.7 Å². The Hall–Kier alpha value is -1.24. The summed E-state index contributed by atoms with van der Waals surface area (Å²) >= 11 is 7.05. The molecule has 0 aliphatic rings. The summed E-state index contributed by atoms with van der Waals surface area (Å²) in [5, 5.41) is 0.527. The minimum absolute atomic E-state index is 0.0986. The maximum absolute atomic E-state index is 10.7. The van der Waals surface area contributed by atoms with Gasteiger partial charge in [0.05, 0.1) is 5.02 Å². The van der Waals surface area contributed by atoms with Crippen LogP contribution in [0.4, 0.5) is 0 Å². The topological polar surface area (TPSA) is 34.1 Å². The number of aldehydes is 1. The average Bonchev–Trinajstić information content (AvgIpc) is 2.30. The van der Waals surface area contributed by atoms with Gasteiger partial charge in [-0.05, 0) is 18.2 Å². The summed E-state index contributed by atoms with van der Waals surface area (Å²) in [6.45, 7) is 1.54. The molecule has 0 unspecified atom stereocenters. The van der Waals surface area contributed by atoms with Crippen molar-refractivity contribution in [3.8, 4) is 11.8 Å². The van der Waals surface area contributed by atoms with Gasteiger partial charge in [0.1, 0.15) is 0 Å². The number of carbonyl (C=O) groups is 2. The minimum atomic E-state index is 0.0986. The molecule has 1 aromatic carbocycles. The average molecular weight is 267 g/mol. The predicted octanol–water partition coefficient (Wildman–Crippen LogP) is 3.17. The standard InChI is InChI=1S/C13H11ClO2S/c1-10(16)17-7-3-2-4-11-5-6-13(14)12(8-11)9-15/h5-6,8-9H,3,7H2,1H3. The highest BCUT2D eigenvalue weighted by molar-refractivity contribution is 8.13. The molecule has 1 rings (SSSR count). The fourth-order valence-electron chi connectivity index (χ4n) is 1.12. The maximum Gasteiger partial charge on any atom is 0.185 e. The van der Waals surface area contributed by atoms with Crippen LogP contribution < -0.4 is 0 Å². The Morgan fingerprint density at radius 3 is 2.94 bits per heavy atom. The third-order valence-corrected chi connectivity index (χ3v) is 3.05. The van der Waals surface area contributed by atoms with Gasteiger partial charge in [-0.2, -0.15) is 0 Å². The van der Waals surface area contributed by atoms with Crippen LogP contribution in [0, 0.1) is 11.8 Å². The lowest BCUT2D eigenvalue weighted by atomic mass is 10.1. The first-order chi connectivity index (χ1) is 8.13. The smallest absolute Gasteiger partial charge is 0.185 e. The number of halogens is 1. The second kappa shape index (κ2) is 7.16. The molecular formula is C13H11ClO2S. The normalized spacial score (nSPS) is 9.29. The van der Waals surface area contributed by atoms with Gasteiger partial charge in [0, 0.05) is 30.2 Å². The molecule has 1 aromatic rings. The first-order valence-corrected chi connectivity index (χ1v) is 6.37. The van der Waals surface area contributed by atoms with Crippen LogP contribution in [0.3, 0.4) is 0 Å². The number of rotatable bonds is 3. The van der Waals surface area contributed by atoms with Crippen LogP contribution >= 0.6 is 23.4 Å². The van der Waals surface area contributed by atoms with Gasteiger partial charge in [0.25, 0.3) is 0 Å². The van der Waals surface area contributed by atoms with Crippen LogP contribution in [0.2, 0.25) is 5.02 Å². The van der Waals surface area contributed by atoms with Crippen molar-refractivity contribution in [3.63, 3.8) is 0 Å². The van der Waals surface area contributed by atoms with E-state index in [9.17, 15) is 9.59 Å². The van der Waals surface area contributed by atoms with Gasteiger partial charge < -0.3 is 0 Å². The Morgan fingerprint density at radius 1 is 1.53 bits per heavy atom. The summed E-state index contributed by atoms with van der Waals surface area (Å²) in [4.78, 5) is 21.3. The Bertz CT molecular complexity index is 486. The van der Waals surface area contributed by atoms with E-state index in [1.54, 1.807) is 18.2 Å². The van der Waals surface area contributed by atoms with E-state index in [-0.39, 0.29) is 5.12 Å². The van der Waals surface area contributed by atoms with Crippen molar-refractivity contribution in [2.75, 3.05) is 5.75 Å². The number of hydrogen-bond donors (Lipinski definition) is 0. The van der Waals surface area contributed by atoms with E-state index in [0.29, 0.717) is 29.0 Å². The lowest BCUT2D eigenvalue weighted by Crippen LogP contribution is -1.85. The number of carbonyl (C=O) groups excluding carboxylic acids is 2. The van der Waals surface area contributed by atoms with Crippen LogP contribution in [-0.4, -0.2) is 17.2 Å². The fourth-order valence-corrected chi connectivity index (χ4v) is 1.78. The minimum Gasteiger partial charge on any atom is -0.298 e. The van der Waals surface area contributed by atoms with Crippen molar-refractivity contribution < 1.29 is 9.59 Å². The van der Waals surface area contributed by atoms with Crippen LogP contribution in [0.25, 0.3) is 0 Å². The molecule has 17 heavy (non-hydrogen) atoms. The largest absolute Gasteiger partial charge is 0.298 e. The second-order valence-electron chi connectivity index (χ2n) is 3.25. The molecule has 0 radical (unpaired) electrons. The summed E-state index contributed by atoms with van der Waals surface area (Å²) in [6, 6.07) is 5.07. The number of benzene rings is 1. The lowest BCUT2D eigenvalue weighted by molar-refractivity contribution is -0.109. The molecule has 0 N–H and O–H groups in total. The van der Waals surface area contributed by atoms with Crippen molar-refractivity contribution in [3.05, 3.63) is 34.3 Å². The Kier molecular flexibility index (Phi) is 5.82. The van der Waals surface area contributed by atoms with E-state index in [0.717, 1.165) is 5.56 Å². The molecule has 2 nitrogen and oxygen atoms in total. The molecule has 0 atom stereocenters. The number of thioether (sulfide) groups is 1. The van der Waals surface area contributed by atoms with Crippen molar-refractivity contribution in [2.45, 2.75) is 13.3 Å². The van der Waals surface area contributed by atoms with Gasteiger partial charge in [-0.15, -0.1) is 0 Å². The Balaban J connectivity index is 2.60. The van der Waals surface area contributed by atoms with Crippen molar-refractivity contribution in [2.24, 2.45) is 0 Å². The van der Waals surface area contributed by atoms with Gasteiger partial charge >= 0.3 is 0 Å². The van der Waals surface area contributed by atoms with Crippen LogP contribution in [0.15, 0.2) is 18.2 Å². The lowest BCUT2D eigenvalue weighted by Gasteiger charge is -1.96. The SMILES string of the molecule is CC(=O)SCCC#Cc1ccc(Cl)c(C=O)c1. The van der Waals surface area contributed by atoms with Crippen LogP contribution in [0.5, 0.6) is 0 Å². The van der Waals surface area contributed by atoms with E-state index in [1.807, 2.05) is 0 Å². The zero-order chi connectivity index (χ0) is 12.7. The van der Waals surface area contributed by atoms with E-state index in [4.69, 9.17) is 11.6 Å². The number of hydrogen-bond acceptors (Lipinski definition) is 3. The molecule has 4 heteroatoms. The van der Waals surface area contributed by atoms with Gasteiger partial charge in [-0.1, -0.05) is 35.2 Å². The van der Waals surface area contributed by atoms with Crippen molar-refractivity contribution >= 4 is 34.8 Å². The van der Waals surface area contributed by atoms with Gasteiger partial charge in [0.15, 0.2) is 11.4 Å². The molecule has 0 bridgehead atoms. The summed E-state index contributed by atoms with van der Waals surface area (Å²) in [5.41, 5.74) is 1.20. The van der Waals surface area contributed by atoms with Crippen LogP contribution in [-0.2, 0) is 4.79 Å². The second-order valence-corrected chi connectivity index (χ2v) is 4.93. The van der Waals surface area contributed by atoms with Crippen LogP contribution in [0.1, 0.15) is 29.3 Å². The zero-order valence-electron chi connectivity index (χ0n) is 9.33. The molecule has 0 aromatic heterocycles. The molecule has 0 fully saturated rings. The van der Waals surface area contributed by atoms with E-state index in [2.05, 4.69) is 11.8 Å². The van der Waals surface area contributed by atoms with Crippen molar-refractivity contribution in [1.82, 2.24) is 0 Å². The summed E-state index contributed by atoms with van der Waals surface area (Å²) in [5.74, 6) is 6.56. The maximum atomic E-state index is 10.7. The zero-order valence-corrected chi connectivity index (χ0v) is 10.9. The predicted molar refractivity (Wildman–Crippen MR) is 71.5 cm³/mol. The Labute approximate surface area is 110 Å². The third kappa shape index (κ3) is 5.08. The summed E-state index contributed by atoms with van der Waals surface area (Å²) < 4.78 is 0. The first-order valence-electron chi connectivity index (χ1n) is 5.00. The van der Waals surface area contributed by atoms with Gasteiger partial charge in [-0.3, -0.25) is 9.59 Å². The molecule has 0 saturated carbocycles. The summed E-state index contributed by atoms with van der Waals surface area (Å²) in [7, 11) is 0. The van der Waals surface area contributed by atoms with Gasteiger partial charge in [0.2, 0.25) is 0 Å². The quantitative estimate of drug-likeness (QED) is 0.479. The molecule has 0 heterocycles. The van der Waals surface area contributed by atoms with E-state index < -0.39 is 0 Å². The first kappa shape index (κ1) is 13.8. The van der Waals surface area contributed by atoms with Gasteiger partial charge in [-0.25, -0.2) is 0 Å². The molecule has 88 valence electrons. The fraction of sp³-hybridized carbons (Fsp3) is 0.231. The van der Waals surface area contributed by atoms with Crippen molar-refractivity contribution in [1.29, 1.82) is 0 Å². The molecule has 0 aliphatic heterocycles. The highest BCUT2D eigenvalue weighted by Gasteiger charge is 1.98. The highest BCUT2D eigenvalue weighted by Crippen LogP contribution is 2.15. The molecule has 0 aliphatic carbocycles.